The Bertz CT molecular complexity index is 590. The average Bonchev–Trinajstić information content (AvgIpc) is 2.64. The van der Waals surface area contributed by atoms with E-state index in [1.165, 1.54) is 0 Å². The van der Waals surface area contributed by atoms with Gasteiger partial charge < -0.3 is 20.1 Å². The SMILES string of the molecule is CCNC(=NCCOc1cccnc1)NCCOc1ccccc1. The molecule has 0 saturated heterocycles. The molecule has 0 unspecified atom stereocenters. The largest absolute Gasteiger partial charge is 0.492 e. The maximum Gasteiger partial charge on any atom is 0.191 e. The Morgan fingerprint density at radius 3 is 2.54 bits per heavy atom. The first-order valence-electron chi connectivity index (χ1n) is 8.11. The fourth-order valence-electron chi connectivity index (χ4n) is 1.95. The molecule has 0 radical (unpaired) electrons. The molecule has 0 saturated carbocycles. The lowest BCUT2D eigenvalue weighted by molar-refractivity contribution is 0.320. The summed E-state index contributed by atoms with van der Waals surface area (Å²) in [5.74, 6) is 2.37. The molecule has 0 aliphatic heterocycles. The van der Waals surface area contributed by atoms with Crippen molar-refractivity contribution < 1.29 is 9.47 Å². The maximum absolute atomic E-state index is 5.64. The maximum atomic E-state index is 5.64. The number of benzene rings is 1. The van der Waals surface area contributed by atoms with E-state index in [0.29, 0.717) is 26.3 Å². The number of para-hydroxylation sites is 1. The molecule has 2 aromatic rings. The zero-order valence-electron chi connectivity index (χ0n) is 13.9. The Labute approximate surface area is 142 Å². The van der Waals surface area contributed by atoms with Gasteiger partial charge in [-0.2, -0.15) is 0 Å². The lowest BCUT2D eigenvalue weighted by atomic mass is 10.3. The molecule has 128 valence electrons. The van der Waals surface area contributed by atoms with Crippen LogP contribution in [0, 0.1) is 0 Å². The molecule has 0 atom stereocenters. The second-order valence-corrected chi connectivity index (χ2v) is 4.89. The van der Waals surface area contributed by atoms with E-state index in [1.54, 1.807) is 12.4 Å². The minimum Gasteiger partial charge on any atom is -0.492 e. The van der Waals surface area contributed by atoms with E-state index in [4.69, 9.17) is 9.47 Å². The van der Waals surface area contributed by atoms with Crippen molar-refractivity contribution in [2.75, 3.05) is 32.8 Å². The first-order valence-corrected chi connectivity index (χ1v) is 8.11. The number of aliphatic imine (C=N–C) groups is 1. The summed E-state index contributed by atoms with van der Waals surface area (Å²) >= 11 is 0. The molecule has 2 N–H and O–H groups in total. The molecule has 0 fully saturated rings. The van der Waals surface area contributed by atoms with Crippen LogP contribution in [0.5, 0.6) is 11.5 Å². The van der Waals surface area contributed by atoms with Gasteiger partial charge in [0, 0.05) is 12.7 Å². The number of nitrogens with one attached hydrogen (secondary N) is 2. The van der Waals surface area contributed by atoms with Gasteiger partial charge in [-0.05, 0) is 31.2 Å². The number of ether oxygens (including phenoxy) is 2. The Morgan fingerprint density at radius 1 is 1.00 bits per heavy atom. The number of pyridine rings is 1. The monoisotopic (exact) mass is 328 g/mol. The first kappa shape index (κ1) is 17.6. The van der Waals surface area contributed by atoms with Gasteiger partial charge in [-0.15, -0.1) is 0 Å². The van der Waals surface area contributed by atoms with Crippen molar-refractivity contribution >= 4 is 5.96 Å². The average molecular weight is 328 g/mol. The van der Waals surface area contributed by atoms with Crippen molar-refractivity contribution in [1.29, 1.82) is 0 Å². The Morgan fingerprint density at radius 2 is 1.79 bits per heavy atom. The standard InChI is InChI=1S/C18H24N4O2/c1-2-20-18(21-11-13-23-16-7-4-3-5-8-16)22-12-14-24-17-9-6-10-19-15-17/h3-10,15H,2,11-14H2,1H3,(H2,20,21,22). The van der Waals surface area contributed by atoms with E-state index in [-0.39, 0.29) is 0 Å². The lowest BCUT2D eigenvalue weighted by Gasteiger charge is -2.12. The van der Waals surface area contributed by atoms with Crippen LogP contribution < -0.4 is 20.1 Å². The van der Waals surface area contributed by atoms with Gasteiger partial charge in [-0.1, -0.05) is 18.2 Å². The van der Waals surface area contributed by atoms with Crippen LogP contribution in [0.3, 0.4) is 0 Å². The van der Waals surface area contributed by atoms with Crippen molar-refractivity contribution in [3.05, 3.63) is 54.9 Å². The van der Waals surface area contributed by atoms with E-state index in [1.807, 2.05) is 49.4 Å². The number of aromatic nitrogens is 1. The predicted molar refractivity (Wildman–Crippen MR) is 95.7 cm³/mol. The van der Waals surface area contributed by atoms with E-state index in [2.05, 4.69) is 20.6 Å². The highest BCUT2D eigenvalue weighted by Gasteiger charge is 1.98. The second-order valence-electron chi connectivity index (χ2n) is 4.89. The van der Waals surface area contributed by atoms with Crippen molar-refractivity contribution in [2.24, 2.45) is 4.99 Å². The Hall–Kier alpha value is -2.76. The molecule has 0 aliphatic carbocycles. The molecule has 2 rings (SSSR count). The third kappa shape index (κ3) is 7.00. The molecule has 6 nitrogen and oxygen atoms in total. The van der Waals surface area contributed by atoms with Crippen molar-refractivity contribution in [3.63, 3.8) is 0 Å². The number of rotatable bonds is 9. The molecular formula is C18H24N4O2. The van der Waals surface area contributed by atoms with Crippen molar-refractivity contribution in [2.45, 2.75) is 6.92 Å². The fraction of sp³-hybridized carbons (Fsp3) is 0.333. The molecule has 1 aromatic carbocycles. The molecule has 24 heavy (non-hydrogen) atoms. The van der Waals surface area contributed by atoms with Crippen LogP contribution in [0.1, 0.15) is 6.92 Å². The molecule has 1 aromatic heterocycles. The Kier molecular flexibility index (Phi) is 7.98. The highest BCUT2D eigenvalue weighted by atomic mass is 16.5. The van der Waals surface area contributed by atoms with Gasteiger partial charge in [0.1, 0.15) is 24.7 Å². The van der Waals surface area contributed by atoms with Crippen LogP contribution in [-0.4, -0.2) is 43.8 Å². The second kappa shape index (κ2) is 10.9. The number of hydrogen-bond acceptors (Lipinski definition) is 4. The number of guanidine groups is 1. The summed E-state index contributed by atoms with van der Waals surface area (Å²) in [6, 6.07) is 13.5. The highest BCUT2D eigenvalue weighted by molar-refractivity contribution is 5.79. The van der Waals surface area contributed by atoms with Crippen LogP contribution in [0.15, 0.2) is 59.9 Å². The first-order chi connectivity index (χ1) is 11.9. The molecule has 0 bridgehead atoms. The molecule has 1 heterocycles. The summed E-state index contributed by atoms with van der Waals surface area (Å²) in [4.78, 5) is 8.47. The van der Waals surface area contributed by atoms with E-state index in [9.17, 15) is 0 Å². The fourth-order valence-corrected chi connectivity index (χ4v) is 1.95. The third-order valence-corrected chi connectivity index (χ3v) is 3.01. The van der Waals surface area contributed by atoms with Gasteiger partial charge in [0.15, 0.2) is 5.96 Å². The molecule has 0 aliphatic rings. The van der Waals surface area contributed by atoms with Crippen LogP contribution in [0.4, 0.5) is 0 Å². The third-order valence-electron chi connectivity index (χ3n) is 3.01. The van der Waals surface area contributed by atoms with Gasteiger partial charge in [0.2, 0.25) is 0 Å². The van der Waals surface area contributed by atoms with Gasteiger partial charge in [0.05, 0.1) is 19.3 Å². The molecule has 0 amide bonds. The summed E-state index contributed by atoms with van der Waals surface area (Å²) in [6.45, 7) is 5.13. The summed E-state index contributed by atoms with van der Waals surface area (Å²) < 4.78 is 11.2. The number of hydrogen-bond donors (Lipinski definition) is 2. The van der Waals surface area contributed by atoms with Crippen LogP contribution in [0.25, 0.3) is 0 Å². The summed E-state index contributed by atoms with van der Waals surface area (Å²) in [5.41, 5.74) is 0. The van der Waals surface area contributed by atoms with Gasteiger partial charge in [-0.3, -0.25) is 4.98 Å². The predicted octanol–water partition coefficient (Wildman–Crippen LogP) is 2.09. The summed E-state index contributed by atoms with van der Waals surface area (Å²) in [7, 11) is 0. The molecule has 0 spiro atoms. The minimum absolute atomic E-state index is 0.503. The lowest BCUT2D eigenvalue weighted by Crippen LogP contribution is -2.39. The minimum atomic E-state index is 0.503. The van der Waals surface area contributed by atoms with E-state index >= 15 is 0 Å². The molecular weight excluding hydrogens is 304 g/mol. The summed E-state index contributed by atoms with van der Waals surface area (Å²) in [5, 5.41) is 6.43. The summed E-state index contributed by atoms with van der Waals surface area (Å²) in [6.07, 6.45) is 3.41. The van der Waals surface area contributed by atoms with Gasteiger partial charge in [-0.25, -0.2) is 4.99 Å². The number of nitrogens with zero attached hydrogens (tertiary/aromatic N) is 2. The normalized spacial score (nSPS) is 11.0. The van der Waals surface area contributed by atoms with Crippen LogP contribution in [0.2, 0.25) is 0 Å². The van der Waals surface area contributed by atoms with Crippen molar-refractivity contribution in [1.82, 2.24) is 15.6 Å². The van der Waals surface area contributed by atoms with Gasteiger partial charge >= 0.3 is 0 Å². The van der Waals surface area contributed by atoms with Gasteiger partial charge in [0.25, 0.3) is 0 Å². The van der Waals surface area contributed by atoms with Crippen LogP contribution >= 0.6 is 0 Å². The van der Waals surface area contributed by atoms with E-state index in [0.717, 1.165) is 24.0 Å². The smallest absolute Gasteiger partial charge is 0.191 e. The quantitative estimate of drug-likeness (QED) is 0.419. The zero-order chi connectivity index (χ0) is 16.9. The van der Waals surface area contributed by atoms with Crippen molar-refractivity contribution in [3.8, 4) is 11.5 Å². The zero-order valence-corrected chi connectivity index (χ0v) is 13.9. The Balaban J connectivity index is 1.66. The topological polar surface area (TPSA) is 67.8 Å². The highest BCUT2D eigenvalue weighted by Crippen LogP contribution is 2.07. The molecule has 6 heteroatoms. The van der Waals surface area contributed by atoms with Crippen LogP contribution in [-0.2, 0) is 0 Å². The van der Waals surface area contributed by atoms with E-state index < -0.39 is 0 Å².